The molecule has 8 nitrogen and oxygen atoms in total. The molecule has 0 bridgehead atoms. The lowest BCUT2D eigenvalue weighted by molar-refractivity contribution is 0.161. The van der Waals surface area contributed by atoms with E-state index in [2.05, 4.69) is 63.5 Å². The van der Waals surface area contributed by atoms with Gasteiger partial charge in [0.25, 0.3) is 5.56 Å². The van der Waals surface area contributed by atoms with Crippen LogP contribution in [0.4, 0.5) is 4.39 Å². The second kappa shape index (κ2) is 11.6. The number of nitrogens with one attached hydrogen (secondary N) is 1. The van der Waals surface area contributed by atoms with Gasteiger partial charge in [-0.05, 0) is 71.3 Å². The summed E-state index contributed by atoms with van der Waals surface area (Å²) in [7, 11) is 1.62. The van der Waals surface area contributed by atoms with Crippen LogP contribution in [0.2, 0.25) is 0 Å². The summed E-state index contributed by atoms with van der Waals surface area (Å²) in [6.07, 6.45) is 0.717. The van der Waals surface area contributed by atoms with Crippen molar-refractivity contribution in [3.8, 4) is 5.75 Å². The minimum atomic E-state index is -0.287. The average molecular weight is 527 g/mol. The van der Waals surface area contributed by atoms with Crippen molar-refractivity contribution in [3.05, 3.63) is 117 Å². The van der Waals surface area contributed by atoms with E-state index in [9.17, 15) is 9.18 Å². The molecule has 2 aromatic heterocycles. The summed E-state index contributed by atoms with van der Waals surface area (Å²) in [5, 5.41) is 13.5. The standard InChI is InChI=1S/C30H31FN6O2/c1-4-28(29-33-34-35-37(29)18-22-9-11-25(31)12-10-22)36(17-21-7-5-20(2)6-8-21)19-24-15-23-16-26(39-3)13-14-27(23)32-30(24)38/h5-16,28H,4,17-19H2,1-3H3,(H,32,38)/t28-/m0/s1. The van der Waals surface area contributed by atoms with E-state index in [4.69, 9.17) is 4.74 Å². The number of H-pyrrole nitrogens is 1. The van der Waals surface area contributed by atoms with Crippen LogP contribution in [0, 0.1) is 12.7 Å². The predicted octanol–water partition coefficient (Wildman–Crippen LogP) is 5.17. The van der Waals surface area contributed by atoms with Crippen LogP contribution < -0.4 is 10.3 Å². The third kappa shape index (κ3) is 6.04. The first-order valence-electron chi connectivity index (χ1n) is 12.9. The van der Waals surface area contributed by atoms with E-state index >= 15 is 0 Å². The lowest BCUT2D eigenvalue weighted by Crippen LogP contribution is -2.32. The van der Waals surface area contributed by atoms with Crippen LogP contribution in [-0.2, 0) is 19.6 Å². The molecule has 5 rings (SSSR count). The third-order valence-corrected chi connectivity index (χ3v) is 6.94. The molecule has 0 saturated heterocycles. The number of rotatable bonds is 10. The lowest BCUT2D eigenvalue weighted by atomic mass is 10.1. The van der Waals surface area contributed by atoms with Gasteiger partial charge < -0.3 is 9.72 Å². The Kier molecular flexibility index (Phi) is 7.79. The topological polar surface area (TPSA) is 88.9 Å². The van der Waals surface area contributed by atoms with Gasteiger partial charge in [0.1, 0.15) is 11.6 Å². The maximum atomic E-state index is 13.5. The summed E-state index contributed by atoms with van der Waals surface area (Å²) in [5.41, 5.74) is 4.45. The highest BCUT2D eigenvalue weighted by molar-refractivity contribution is 5.80. The number of methoxy groups -OCH3 is 1. The van der Waals surface area contributed by atoms with Crippen molar-refractivity contribution in [1.29, 1.82) is 0 Å². The van der Waals surface area contributed by atoms with Crippen LogP contribution in [0.25, 0.3) is 10.9 Å². The van der Waals surface area contributed by atoms with E-state index in [1.54, 1.807) is 23.9 Å². The second-order valence-electron chi connectivity index (χ2n) is 9.71. The molecule has 0 saturated carbocycles. The number of tetrazole rings is 1. The first-order chi connectivity index (χ1) is 18.9. The fourth-order valence-electron chi connectivity index (χ4n) is 4.83. The monoisotopic (exact) mass is 526 g/mol. The molecule has 200 valence electrons. The smallest absolute Gasteiger partial charge is 0.252 e. The number of aryl methyl sites for hydroxylation is 1. The Hall–Kier alpha value is -4.37. The first kappa shape index (κ1) is 26.2. The Morgan fingerprint density at radius 1 is 1.00 bits per heavy atom. The normalized spacial score (nSPS) is 12.2. The van der Waals surface area contributed by atoms with Crippen LogP contribution in [0.15, 0.2) is 77.6 Å². The second-order valence-corrected chi connectivity index (χ2v) is 9.71. The van der Waals surface area contributed by atoms with Gasteiger partial charge in [0.2, 0.25) is 0 Å². The van der Waals surface area contributed by atoms with Crippen molar-refractivity contribution in [2.24, 2.45) is 0 Å². The fraction of sp³-hybridized carbons (Fsp3) is 0.267. The van der Waals surface area contributed by atoms with Gasteiger partial charge in [-0.25, -0.2) is 9.07 Å². The molecular weight excluding hydrogens is 495 g/mol. The largest absolute Gasteiger partial charge is 0.497 e. The van der Waals surface area contributed by atoms with Gasteiger partial charge in [0.05, 0.1) is 19.7 Å². The molecule has 0 unspecified atom stereocenters. The highest BCUT2D eigenvalue weighted by atomic mass is 19.1. The molecule has 1 atom stereocenters. The fourth-order valence-corrected chi connectivity index (χ4v) is 4.83. The van der Waals surface area contributed by atoms with Gasteiger partial charge in [0, 0.05) is 29.6 Å². The molecule has 3 aromatic carbocycles. The van der Waals surface area contributed by atoms with E-state index < -0.39 is 0 Å². The van der Waals surface area contributed by atoms with E-state index in [0.717, 1.165) is 34.2 Å². The molecule has 0 aliphatic heterocycles. The number of hydrogen-bond acceptors (Lipinski definition) is 6. The maximum absolute atomic E-state index is 13.5. The highest BCUT2D eigenvalue weighted by Gasteiger charge is 2.26. The van der Waals surface area contributed by atoms with E-state index in [-0.39, 0.29) is 17.4 Å². The predicted molar refractivity (Wildman–Crippen MR) is 148 cm³/mol. The minimum Gasteiger partial charge on any atom is -0.497 e. The molecule has 39 heavy (non-hydrogen) atoms. The Balaban J connectivity index is 1.52. The Bertz CT molecular complexity index is 1610. The maximum Gasteiger partial charge on any atom is 0.252 e. The van der Waals surface area contributed by atoms with Crippen molar-refractivity contribution in [2.45, 2.75) is 45.9 Å². The number of fused-ring (bicyclic) bond motifs is 1. The molecule has 0 spiro atoms. The molecule has 2 heterocycles. The van der Waals surface area contributed by atoms with Crippen molar-refractivity contribution in [2.75, 3.05) is 7.11 Å². The van der Waals surface area contributed by atoms with E-state index in [1.165, 1.54) is 17.7 Å². The number of nitrogens with zero attached hydrogens (tertiary/aromatic N) is 5. The number of aromatic nitrogens is 5. The SMILES string of the molecule is CC[C@@H](c1nnnn1Cc1ccc(F)cc1)N(Cc1ccc(C)cc1)Cc1cc2cc(OC)ccc2[nH]c1=O. The quantitative estimate of drug-likeness (QED) is 0.270. The van der Waals surface area contributed by atoms with Crippen molar-refractivity contribution < 1.29 is 9.13 Å². The van der Waals surface area contributed by atoms with E-state index in [0.29, 0.717) is 31.0 Å². The molecule has 0 radical (unpaired) electrons. The van der Waals surface area contributed by atoms with Gasteiger partial charge in [-0.15, -0.1) is 5.10 Å². The van der Waals surface area contributed by atoms with Crippen LogP contribution in [0.3, 0.4) is 0 Å². The molecule has 9 heteroatoms. The number of halogens is 1. The summed E-state index contributed by atoms with van der Waals surface area (Å²) in [6.45, 7) is 5.53. The molecule has 1 N–H and O–H groups in total. The summed E-state index contributed by atoms with van der Waals surface area (Å²) in [5.74, 6) is 1.13. The summed E-state index contributed by atoms with van der Waals surface area (Å²) >= 11 is 0. The zero-order valence-electron chi connectivity index (χ0n) is 22.3. The van der Waals surface area contributed by atoms with E-state index in [1.807, 2.05) is 24.3 Å². The van der Waals surface area contributed by atoms with Gasteiger partial charge in [-0.3, -0.25) is 9.69 Å². The number of ether oxygens (including phenoxy) is 1. The Morgan fingerprint density at radius 3 is 2.46 bits per heavy atom. The van der Waals surface area contributed by atoms with Crippen LogP contribution in [-0.4, -0.2) is 37.2 Å². The van der Waals surface area contributed by atoms with Crippen LogP contribution in [0.5, 0.6) is 5.75 Å². The molecular formula is C30H31FN6O2. The summed E-state index contributed by atoms with van der Waals surface area (Å²) in [4.78, 5) is 18.4. The van der Waals surface area contributed by atoms with Gasteiger partial charge in [0.15, 0.2) is 5.82 Å². The van der Waals surface area contributed by atoms with Gasteiger partial charge >= 0.3 is 0 Å². The summed E-state index contributed by atoms with van der Waals surface area (Å²) in [6, 6.07) is 22.0. The lowest BCUT2D eigenvalue weighted by Gasteiger charge is -2.30. The van der Waals surface area contributed by atoms with Crippen LogP contribution >= 0.6 is 0 Å². The third-order valence-electron chi connectivity index (χ3n) is 6.94. The molecule has 0 aliphatic rings. The molecule has 0 fully saturated rings. The molecule has 5 aromatic rings. The van der Waals surface area contributed by atoms with Gasteiger partial charge in [-0.2, -0.15) is 0 Å². The number of hydrogen-bond donors (Lipinski definition) is 1. The average Bonchev–Trinajstić information content (AvgIpc) is 3.39. The zero-order chi connectivity index (χ0) is 27.4. The minimum absolute atomic E-state index is 0.137. The van der Waals surface area contributed by atoms with Crippen molar-refractivity contribution in [1.82, 2.24) is 30.1 Å². The number of aromatic amines is 1. The molecule has 0 aliphatic carbocycles. The number of benzene rings is 3. The first-order valence-corrected chi connectivity index (χ1v) is 12.9. The Labute approximate surface area is 226 Å². The van der Waals surface area contributed by atoms with Gasteiger partial charge in [-0.1, -0.05) is 48.9 Å². The zero-order valence-corrected chi connectivity index (χ0v) is 22.3. The van der Waals surface area contributed by atoms with Crippen molar-refractivity contribution in [3.63, 3.8) is 0 Å². The summed E-state index contributed by atoms with van der Waals surface area (Å²) < 4.78 is 20.6. The number of pyridine rings is 1. The molecule has 0 amide bonds. The highest BCUT2D eigenvalue weighted by Crippen LogP contribution is 2.27. The Morgan fingerprint density at radius 2 is 1.74 bits per heavy atom. The van der Waals surface area contributed by atoms with Crippen molar-refractivity contribution >= 4 is 10.9 Å². The van der Waals surface area contributed by atoms with Crippen LogP contribution in [0.1, 0.15) is 47.5 Å².